The highest BCUT2D eigenvalue weighted by molar-refractivity contribution is 5.30. The van der Waals surface area contributed by atoms with Crippen LogP contribution in [0, 0.1) is 12.8 Å². The highest BCUT2D eigenvalue weighted by Gasteiger charge is 2.25. The Kier molecular flexibility index (Phi) is 7.63. The van der Waals surface area contributed by atoms with Gasteiger partial charge in [0.1, 0.15) is 0 Å². The van der Waals surface area contributed by atoms with Crippen LogP contribution in [0.2, 0.25) is 0 Å². The van der Waals surface area contributed by atoms with Crippen molar-refractivity contribution in [3.63, 3.8) is 0 Å². The number of hydrogen-bond donors (Lipinski definition) is 0. The standard InChI is InChI=1S/C31H42N2/c1-6-24(3)31(33-19-7-8-25(4)26(33)5)22-27-11-15-30(16-12-27)32-20-17-29(18-21-32)28-13-9-23(2)10-14-28/h7-11,13-16,19,26-27,29H,6,12,17-18,20-22H2,1-5H3/b31-24+. The molecule has 3 aliphatic rings. The molecule has 2 nitrogen and oxygen atoms in total. The summed E-state index contributed by atoms with van der Waals surface area (Å²) in [6.07, 6.45) is 20.0. The second-order valence-electron chi connectivity index (χ2n) is 10.3. The molecule has 2 atom stereocenters. The molecule has 4 rings (SSSR count). The first-order chi connectivity index (χ1) is 16.0. The Labute approximate surface area is 202 Å². The second-order valence-corrected chi connectivity index (χ2v) is 10.3. The van der Waals surface area contributed by atoms with Crippen molar-refractivity contribution in [2.45, 2.75) is 78.7 Å². The van der Waals surface area contributed by atoms with Crippen molar-refractivity contribution < 1.29 is 0 Å². The molecule has 2 heterocycles. The van der Waals surface area contributed by atoms with Crippen LogP contribution < -0.4 is 0 Å². The zero-order valence-electron chi connectivity index (χ0n) is 21.3. The molecule has 1 aliphatic carbocycles. The molecule has 1 saturated heterocycles. The van der Waals surface area contributed by atoms with Crippen LogP contribution in [0.15, 0.2) is 83.4 Å². The lowest BCUT2D eigenvalue weighted by Gasteiger charge is -2.37. The molecule has 1 fully saturated rings. The SMILES string of the molecule is CC/C(C)=C(\CC1C=CC(N2CCC(c3ccc(C)cc3)CC2)=CC1)N1C=CC=C(C)C1C. The Hall–Kier alpha value is -2.48. The van der Waals surface area contributed by atoms with E-state index >= 15 is 0 Å². The van der Waals surface area contributed by atoms with Gasteiger partial charge in [-0.3, -0.25) is 0 Å². The van der Waals surface area contributed by atoms with Gasteiger partial charge in [0.2, 0.25) is 0 Å². The fourth-order valence-electron chi connectivity index (χ4n) is 5.40. The van der Waals surface area contributed by atoms with E-state index in [0.717, 1.165) is 19.3 Å². The van der Waals surface area contributed by atoms with Gasteiger partial charge in [-0.15, -0.1) is 0 Å². The van der Waals surface area contributed by atoms with E-state index in [0.29, 0.717) is 17.9 Å². The van der Waals surface area contributed by atoms with Crippen molar-refractivity contribution in [1.29, 1.82) is 0 Å². The van der Waals surface area contributed by atoms with Gasteiger partial charge in [-0.2, -0.15) is 0 Å². The first-order valence-corrected chi connectivity index (χ1v) is 13.0. The molecule has 1 aromatic rings. The van der Waals surface area contributed by atoms with Gasteiger partial charge in [-0.1, -0.05) is 66.1 Å². The molecule has 0 saturated carbocycles. The summed E-state index contributed by atoms with van der Waals surface area (Å²) in [4.78, 5) is 5.12. The molecule has 33 heavy (non-hydrogen) atoms. The Morgan fingerprint density at radius 2 is 1.79 bits per heavy atom. The maximum absolute atomic E-state index is 2.61. The lowest BCUT2D eigenvalue weighted by Crippen LogP contribution is -2.33. The molecule has 0 aromatic heterocycles. The zero-order valence-corrected chi connectivity index (χ0v) is 21.3. The molecular formula is C31H42N2. The molecule has 0 amide bonds. The molecule has 0 radical (unpaired) electrons. The summed E-state index contributed by atoms with van der Waals surface area (Å²) in [7, 11) is 0. The zero-order chi connectivity index (χ0) is 23.4. The van der Waals surface area contributed by atoms with E-state index < -0.39 is 0 Å². The molecule has 2 aliphatic heterocycles. The summed E-state index contributed by atoms with van der Waals surface area (Å²) < 4.78 is 0. The average Bonchev–Trinajstić information content (AvgIpc) is 2.85. The molecule has 2 heteroatoms. The molecule has 0 bridgehead atoms. The van der Waals surface area contributed by atoms with Gasteiger partial charge in [0, 0.05) is 30.7 Å². The Bertz CT molecular complexity index is 965. The van der Waals surface area contributed by atoms with Crippen LogP contribution in [0.4, 0.5) is 0 Å². The summed E-state index contributed by atoms with van der Waals surface area (Å²) >= 11 is 0. The van der Waals surface area contributed by atoms with Crippen molar-refractivity contribution in [3.05, 3.63) is 94.5 Å². The number of hydrogen-bond acceptors (Lipinski definition) is 2. The first-order valence-electron chi connectivity index (χ1n) is 13.0. The number of likely N-dealkylation sites (tertiary alicyclic amines) is 1. The van der Waals surface area contributed by atoms with Crippen molar-refractivity contribution in [1.82, 2.24) is 9.80 Å². The van der Waals surface area contributed by atoms with E-state index in [-0.39, 0.29) is 0 Å². The lowest BCUT2D eigenvalue weighted by atomic mass is 9.87. The predicted molar refractivity (Wildman–Crippen MR) is 142 cm³/mol. The van der Waals surface area contributed by atoms with E-state index in [1.165, 1.54) is 59.6 Å². The van der Waals surface area contributed by atoms with Crippen LogP contribution >= 0.6 is 0 Å². The van der Waals surface area contributed by atoms with Crippen molar-refractivity contribution in [3.8, 4) is 0 Å². The highest BCUT2D eigenvalue weighted by atomic mass is 15.2. The Morgan fingerprint density at radius 3 is 2.42 bits per heavy atom. The predicted octanol–water partition coefficient (Wildman–Crippen LogP) is 7.87. The third kappa shape index (κ3) is 5.54. The summed E-state index contributed by atoms with van der Waals surface area (Å²) in [5.74, 6) is 1.30. The molecule has 2 unspecified atom stereocenters. The monoisotopic (exact) mass is 442 g/mol. The third-order valence-electron chi connectivity index (χ3n) is 8.05. The highest BCUT2D eigenvalue weighted by Crippen LogP contribution is 2.34. The average molecular weight is 443 g/mol. The van der Waals surface area contributed by atoms with Crippen LogP contribution in [0.1, 0.15) is 76.8 Å². The summed E-state index contributed by atoms with van der Waals surface area (Å²) in [5, 5.41) is 0. The smallest absolute Gasteiger partial charge is 0.0514 e. The van der Waals surface area contributed by atoms with E-state index in [9.17, 15) is 0 Å². The van der Waals surface area contributed by atoms with Crippen LogP contribution in [0.5, 0.6) is 0 Å². The van der Waals surface area contributed by atoms with Crippen molar-refractivity contribution in [2.75, 3.05) is 13.1 Å². The molecule has 0 N–H and O–H groups in total. The number of nitrogens with zero attached hydrogens (tertiary/aromatic N) is 2. The van der Waals surface area contributed by atoms with Gasteiger partial charge in [0.25, 0.3) is 0 Å². The molecule has 1 aromatic carbocycles. The maximum Gasteiger partial charge on any atom is 0.0514 e. The molecule has 0 spiro atoms. The number of rotatable bonds is 6. The van der Waals surface area contributed by atoms with Gasteiger partial charge >= 0.3 is 0 Å². The first kappa shape index (κ1) is 23.7. The van der Waals surface area contributed by atoms with Crippen LogP contribution in [0.3, 0.4) is 0 Å². The van der Waals surface area contributed by atoms with Gasteiger partial charge in [0.15, 0.2) is 0 Å². The number of piperidine rings is 1. The normalized spacial score (nSPS) is 24.5. The van der Waals surface area contributed by atoms with Crippen LogP contribution in [-0.4, -0.2) is 28.9 Å². The van der Waals surface area contributed by atoms with Crippen LogP contribution in [0.25, 0.3) is 0 Å². The summed E-state index contributed by atoms with van der Waals surface area (Å²) in [6, 6.07) is 9.63. The van der Waals surface area contributed by atoms with E-state index in [1.807, 2.05) is 0 Å². The molecule has 176 valence electrons. The van der Waals surface area contributed by atoms with E-state index in [1.54, 1.807) is 0 Å². The van der Waals surface area contributed by atoms with E-state index in [2.05, 4.69) is 105 Å². The van der Waals surface area contributed by atoms with Gasteiger partial charge in [-0.25, -0.2) is 0 Å². The van der Waals surface area contributed by atoms with Gasteiger partial charge in [-0.05, 0) is 89.4 Å². The maximum atomic E-state index is 2.61. The van der Waals surface area contributed by atoms with E-state index in [4.69, 9.17) is 0 Å². The van der Waals surface area contributed by atoms with Crippen molar-refractivity contribution >= 4 is 0 Å². The summed E-state index contributed by atoms with van der Waals surface area (Å²) in [6.45, 7) is 13.7. The number of aryl methyl sites for hydroxylation is 1. The third-order valence-corrected chi connectivity index (χ3v) is 8.05. The lowest BCUT2D eigenvalue weighted by molar-refractivity contribution is 0.267. The van der Waals surface area contributed by atoms with Gasteiger partial charge in [0.05, 0.1) is 6.04 Å². The topological polar surface area (TPSA) is 6.48 Å². The minimum absolute atomic E-state index is 0.444. The number of benzene rings is 1. The molecular weight excluding hydrogens is 400 g/mol. The second kappa shape index (κ2) is 10.6. The van der Waals surface area contributed by atoms with Crippen LogP contribution in [-0.2, 0) is 0 Å². The fraction of sp³-hybridized carbons (Fsp3) is 0.484. The fourth-order valence-corrected chi connectivity index (χ4v) is 5.40. The largest absolute Gasteiger partial charge is 0.372 e. The Balaban J connectivity index is 1.35. The quantitative estimate of drug-likeness (QED) is 0.442. The van der Waals surface area contributed by atoms with Gasteiger partial charge < -0.3 is 9.80 Å². The number of allylic oxidation sites excluding steroid dienone is 7. The minimum atomic E-state index is 0.444. The Morgan fingerprint density at radius 1 is 1.06 bits per heavy atom. The summed E-state index contributed by atoms with van der Waals surface area (Å²) in [5.41, 5.74) is 8.78. The van der Waals surface area contributed by atoms with Crippen molar-refractivity contribution in [2.24, 2.45) is 5.92 Å². The minimum Gasteiger partial charge on any atom is -0.372 e.